The Kier molecular flexibility index (Phi) is 4.55. The minimum atomic E-state index is -0.499. The van der Waals surface area contributed by atoms with Crippen molar-refractivity contribution in [2.75, 3.05) is 19.0 Å². The molecule has 24 heavy (non-hydrogen) atoms. The fourth-order valence-electron chi connectivity index (χ4n) is 2.75. The predicted octanol–water partition coefficient (Wildman–Crippen LogP) is 1.76. The highest BCUT2D eigenvalue weighted by Gasteiger charge is 2.24. The second kappa shape index (κ2) is 6.62. The second-order valence-corrected chi connectivity index (χ2v) is 5.87. The molecule has 1 aliphatic rings. The fourth-order valence-corrected chi connectivity index (χ4v) is 2.92. The Labute approximate surface area is 143 Å². The van der Waals surface area contributed by atoms with Crippen LogP contribution in [0, 0.1) is 0 Å². The number of anilines is 1. The zero-order valence-electron chi connectivity index (χ0n) is 13.4. The lowest BCUT2D eigenvalue weighted by molar-refractivity contribution is 0.0600. The van der Waals surface area contributed by atoms with Gasteiger partial charge in [0.1, 0.15) is 0 Å². The Hall–Kier alpha value is -2.38. The van der Waals surface area contributed by atoms with Gasteiger partial charge in [0.2, 0.25) is 0 Å². The van der Waals surface area contributed by atoms with Gasteiger partial charge in [0.05, 0.1) is 23.4 Å². The fraction of sp³-hybridized carbons (Fsp3) is 0.312. The molecule has 2 aromatic rings. The predicted molar refractivity (Wildman–Crippen MR) is 89.4 cm³/mol. The number of aryl methyl sites for hydroxylation is 1. The summed E-state index contributed by atoms with van der Waals surface area (Å²) in [7, 11) is 3.12. The highest BCUT2D eigenvalue weighted by molar-refractivity contribution is 6.34. The van der Waals surface area contributed by atoms with Gasteiger partial charge in [-0.2, -0.15) is 5.10 Å². The maximum Gasteiger partial charge on any atom is 0.337 e. The quantitative estimate of drug-likeness (QED) is 0.825. The Balaban J connectivity index is 1.89. The number of hydrogen-bond acceptors (Lipinski definition) is 5. The van der Waals surface area contributed by atoms with Crippen molar-refractivity contribution in [1.29, 1.82) is 0 Å². The molecule has 0 bridgehead atoms. The lowest BCUT2D eigenvalue weighted by atomic mass is 10.1. The van der Waals surface area contributed by atoms with Gasteiger partial charge in [0.15, 0.2) is 5.69 Å². The summed E-state index contributed by atoms with van der Waals surface area (Å²) in [6.07, 6.45) is 0.824. The van der Waals surface area contributed by atoms with Crippen LogP contribution in [0.1, 0.15) is 32.1 Å². The van der Waals surface area contributed by atoms with E-state index in [4.69, 9.17) is 11.6 Å². The second-order valence-electron chi connectivity index (χ2n) is 5.46. The van der Waals surface area contributed by atoms with E-state index < -0.39 is 5.97 Å². The molecule has 0 spiro atoms. The van der Waals surface area contributed by atoms with Crippen LogP contribution in [0.2, 0.25) is 5.02 Å². The molecule has 1 aliphatic heterocycles. The van der Waals surface area contributed by atoms with Crippen LogP contribution in [-0.4, -0.2) is 35.3 Å². The van der Waals surface area contributed by atoms with E-state index in [-0.39, 0.29) is 5.91 Å². The molecular formula is C16H17ClN4O3. The van der Waals surface area contributed by atoms with Crippen molar-refractivity contribution in [3.8, 4) is 0 Å². The highest BCUT2D eigenvalue weighted by atomic mass is 35.5. The third-order valence-corrected chi connectivity index (χ3v) is 4.30. The first-order valence-electron chi connectivity index (χ1n) is 7.46. The smallest absolute Gasteiger partial charge is 0.337 e. The van der Waals surface area contributed by atoms with Gasteiger partial charge in [-0.3, -0.25) is 9.48 Å². The van der Waals surface area contributed by atoms with E-state index >= 15 is 0 Å². The number of hydrogen-bond donors (Lipinski definition) is 2. The van der Waals surface area contributed by atoms with Crippen molar-refractivity contribution in [3.63, 3.8) is 0 Å². The first-order valence-corrected chi connectivity index (χ1v) is 7.83. The van der Waals surface area contributed by atoms with Crippen LogP contribution in [0.4, 0.5) is 5.69 Å². The molecule has 3 rings (SSSR count). The zero-order valence-corrected chi connectivity index (χ0v) is 14.1. The van der Waals surface area contributed by atoms with Crippen molar-refractivity contribution >= 4 is 29.2 Å². The molecule has 0 radical (unpaired) electrons. The van der Waals surface area contributed by atoms with Crippen LogP contribution in [0.5, 0.6) is 0 Å². The summed E-state index contributed by atoms with van der Waals surface area (Å²) in [6, 6.07) is 4.56. The maximum absolute atomic E-state index is 12.6. The molecule has 1 aromatic carbocycles. The first-order chi connectivity index (χ1) is 11.5. The minimum Gasteiger partial charge on any atom is -0.465 e. The number of ether oxygens (including phenoxy) is 1. The van der Waals surface area contributed by atoms with E-state index in [1.165, 1.54) is 19.2 Å². The van der Waals surface area contributed by atoms with Crippen molar-refractivity contribution in [2.24, 2.45) is 7.05 Å². The molecule has 0 saturated carbocycles. The molecule has 0 atom stereocenters. The van der Waals surface area contributed by atoms with Crippen LogP contribution in [-0.2, 0) is 24.8 Å². The molecule has 7 nitrogen and oxygen atoms in total. The van der Waals surface area contributed by atoms with Gasteiger partial charge in [-0.1, -0.05) is 11.6 Å². The van der Waals surface area contributed by atoms with Crippen molar-refractivity contribution in [1.82, 2.24) is 15.1 Å². The summed E-state index contributed by atoms with van der Waals surface area (Å²) in [5.74, 6) is -0.860. The van der Waals surface area contributed by atoms with E-state index in [9.17, 15) is 9.59 Å². The molecular weight excluding hydrogens is 332 g/mol. The summed E-state index contributed by atoms with van der Waals surface area (Å²) in [6.45, 7) is 1.46. The van der Waals surface area contributed by atoms with Gasteiger partial charge in [-0.05, 0) is 18.2 Å². The van der Waals surface area contributed by atoms with Gasteiger partial charge >= 0.3 is 5.97 Å². The minimum absolute atomic E-state index is 0.307. The van der Waals surface area contributed by atoms with Crippen molar-refractivity contribution in [2.45, 2.75) is 13.0 Å². The van der Waals surface area contributed by atoms with E-state index in [0.29, 0.717) is 28.5 Å². The number of fused-ring (bicyclic) bond motifs is 1. The van der Waals surface area contributed by atoms with Gasteiger partial charge in [0.25, 0.3) is 5.91 Å². The van der Waals surface area contributed by atoms with Crippen molar-refractivity contribution < 1.29 is 14.3 Å². The van der Waals surface area contributed by atoms with Crippen LogP contribution in [0.15, 0.2) is 18.2 Å². The van der Waals surface area contributed by atoms with Crippen LogP contribution >= 0.6 is 11.6 Å². The molecule has 8 heteroatoms. The molecule has 1 aromatic heterocycles. The molecule has 2 N–H and O–H groups in total. The van der Waals surface area contributed by atoms with Gasteiger partial charge < -0.3 is 15.4 Å². The number of esters is 1. The van der Waals surface area contributed by atoms with Crippen LogP contribution in [0.3, 0.4) is 0 Å². The van der Waals surface area contributed by atoms with Gasteiger partial charge in [0, 0.05) is 37.8 Å². The highest BCUT2D eigenvalue weighted by Crippen LogP contribution is 2.25. The molecule has 0 unspecified atom stereocenters. The average Bonchev–Trinajstić information content (AvgIpc) is 2.93. The lowest BCUT2D eigenvalue weighted by Crippen LogP contribution is -2.26. The normalized spacial score (nSPS) is 13.3. The number of aromatic nitrogens is 2. The van der Waals surface area contributed by atoms with E-state index in [1.54, 1.807) is 10.7 Å². The molecule has 126 valence electrons. The van der Waals surface area contributed by atoms with Gasteiger partial charge in [-0.15, -0.1) is 0 Å². The summed E-state index contributed by atoms with van der Waals surface area (Å²) in [4.78, 5) is 24.2. The Morgan fingerprint density at radius 3 is 2.96 bits per heavy atom. The number of halogens is 1. The van der Waals surface area contributed by atoms with E-state index in [1.807, 2.05) is 7.05 Å². The van der Waals surface area contributed by atoms with Crippen molar-refractivity contribution in [3.05, 3.63) is 45.7 Å². The summed E-state index contributed by atoms with van der Waals surface area (Å²) >= 11 is 6.12. The summed E-state index contributed by atoms with van der Waals surface area (Å²) in [5, 5.41) is 10.6. The third-order valence-electron chi connectivity index (χ3n) is 3.97. The lowest BCUT2D eigenvalue weighted by Gasteiger charge is -2.14. The van der Waals surface area contributed by atoms with Crippen LogP contribution < -0.4 is 10.6 Å². The standard InChI is InChI=1S/C16H17ClN4O3/c1-21-13-5-6-18-8-10(13)14(20-21)15(22)19-12-7-9(16(23)24-2)3-4-11(12)17/h3-4,7,18H,5-6,8H2,1-2H3,(H,19,22). The number of rotatable bonds is 3. The number of methoxy groups -OCH3 is 1. The molecule has 0 fully saturated rings. The summed E-state index contributed by atoms with van der Waals surface area (Å²) < 4.78 is 6.41. The first kappa shape index (κ1) is 16.5. The Bertz CT molecular complexity index is 816. The van der Waals surface area contributed by atoms with Gasteiger partial charge in [-0.25, -0.2) is 4.79 Å². The maximum atomic E-state index is 12.6. The Morgan fingerprint density at radius 2 is 2.21 bits per heavy atom. The Morgan fingerprint density at radius 1 is 1.42 bits per heavy atom. The topological polar surface area (TPSA) is 85.2 Å². The number of benzene rings is 1. The summed E-state index contributed by atoms with van der Waals surface area (Å²) in [5.41, 5.74) is 2.95. The monoisotopic (exact) mass is 348 g/mol. The largest absolute Gasteiger partial charge is 0.465 e. The molecule has 2 heterocycles. The number of carbonyl (C=O) groups excluding carboxylic acids is 2. The van der Waals surface area contributed by atoms with E-state index in [0.717, 1.165) is 24.2 Å². The third kappa shape index (κ3) is 3.00. The number of nitrogens with one attached hydrogen (secondary N) is 2. The molecule has 1 amide bonds. The zero-order chi connectivity index (χ0) is 17.3. The number of amides is 1. The number of carbonyl (C=O) groups is 2. The average molecular weight is 349 g/mol. The molecule has 0 aliphatic carbocycles. The molecule has 0 saturated heterocycles. The van der Waals surface area contributed by atoms with Crippen LogP contribution in [0.25, 0.3) is 0 Å². The van der Waals surface area contributed by atoms with E-state index in [2.05, 4.69) is 20.5 Å². The number of nitrogens with zero attached hydrogens (tertiary/aromatic N) is 2. The SMILES string of the molecule is COC(=O)c1ccc(Cl)c(NC(=O)c2nn(C)c3c2CNCC3)c1.